The number of halogens is 1. The molecule has 0 spiro atoms. The van der Waals surface area contributed by atoms with Gasteiger partial charge in [-0.25, -0.2) is 9.37 Å². The fourth-order valence-corrected chi connectivity index (χ4v) is 2.59. The van der Waals surface area contributed by atoms with Gasteiger partial charge in [-0.15, -0.1) is 0 Å². The Morgan fingerprint density at radius 3 is 2.67 bits per heavy atom. The number of hydrogen-bond donors (Lipinski definition) is 3. The van der Waals surface area contributed by atoms with Crippen LogP contribution in [0.15, 0.2) is 60.9 Å². The van der Waals surface area contributed by atoms with Crippen LogP contribution in [0.3, 0.4) is 0 Å². The van der Waals surface area contributed by atoms with Crippen molar-refractivity contribution < 1.29 is 9.18 Å². The molecule has 0 aliphatic rings. The van der Waals surface area contributed by atoms with Crippen molar-refractivity contribution in [3.8, 4) is 0 Å². The molecule has 3 rings (SSSR count). The van der Waals surface area contributed by atoms with Gasteiger partial charge in [0, 0.05) is 12.4 Å². The van der Waals surface area contributed by atoms with Crippen molar-refractivity contribution in [3.63, 3.8) is 0 Å². The molecule has 0 aliphatic carbocycles. The molecule has 0 fully saturated rings. The number of hydrogen-bond acceptors (Lipinski definition) is 4. The Balaban J connectivity index is 1.71. The molecular weight excluding hydrogens is 345 g/mol. The van der Waals surface area contributed by atoms with E-state index in [0.717, 1.165) is 11.1 Å². The largest absolute Gasteiger partial charge is 0.307 e. The van der Waals surface area contributed by atoms with Gasteiger partial charge in [0.15, 0.2) is 0 Å². The normalized spacial score (nSPS) is 10.4. The second-order valence-electron chi connectivity index (χ2n) is 6.07. The van der Waals surface area contributed by atoms with Crippen LogP contribution in [0.2, 0.25) is 0 Å². The van der Waals surface area contributed by atoms with Crippen LogP contribution >= 0.6 is 0 Å². The second kappa shape index (κ2) is 7.74. The van der Waals surface area contributed by atoms with Crippen LogP contribution in [-0.2, 0) is 6.42 Å². The average Bonchev–Trinajstić information content (AvgIpc) is 2.63. The minimum Gasteiger partial charge on any atom is -0.307 e. The van der Waals surface area contributed by atoms with Crippen LogP contribution in [-0.4, -0.2) is 21.3 Å². The maximum absolute atomic E-state index is 13.3. The molecule has 0 aliphatic heterocycles. The topological polar surface area (TPSA) is 94.6 Å². The van der Waals surface area contributed by atoms with Gasteiger partial charge in [-0.2, -0.15) is 0 Å². The zero-order valence-corrected chi connectivity index (χ0v) is 14.7. The van der Waals surface area contributed by atoms with Crippen molar-refractivity contribution in [3.05, 3.63) is 88.9 Å². The summed E-state index contributed by atoms with van der Waals surface area (Å²) in [4.78, 5) is 16.6. The van der Waals surface area contributed by atoms with Gasteiger partial charge in [-0.05, 0) is 54.8 Å². The molecule has 6 nitrogen and oxygen atoms in total. The first-order valence-corrected chi connectivity index (χ1v) is 8.26. The van der Waals surface area contributed by atoms with E-state index in [1.54, 1.807) is 25.3 Å². The predicted octanol–water partition coefficient (Wildman–Crippen LogP) is 3.19. The lowest BCUT2D eigenvalue weighted by molar-refractivity contribution is 0.102. The van der Waals surface area contributed by atoms with Crippen LogP contribution < -0.4 is 10.8 Å². The van der Waals surface area contributed by atoms with Crippen molar-refractivity contribution in [2.75, 3.05) is 5.32 Å². The first kappa shape index (κ1) is 18.2. The summed E-state index contributed by atoms with van der Waals surface area (Å²) < 4.78 is 14.6. The molecule has 2 heterocycles. The number of amides is 1. The molecule has 27 heavy (non-hydrogen) atoms. The summed E-state index contributed by atoms with van der Waals surface area (Å²) in [6.07, 6.45) is 3.62. The van der Waals surface area contributed by atoms with Gasteiger partial charge in [0.05, 0.1) is 5.56 Å². The van der Waals surface area contributed by atoms with E-state index < -0.39 is 0 Å². The first-order valence-electron chi connectivity index (χ1n) is 8.26. The number of aromatic nitrogens is 2. The Hall–Kier alpha value is -3.61. The summed E-state index contributed by atoms with van der Waals surface area (Å²) in [5.74, 6) is -0.124. The summed E-state index contributed by atoms with van der Waals surface area (Å²) in [5, 5.41) is 18.1. The highest BCUT2D eigenvalue weighted by molar-refractivity contribution is 6.03. The number of carbonyl (C=O) groups excluding carboxylic acids is 1. The van der Waals surface area contributed by atoms with Crippen LogP contribution in [0.25, 0.3) is 0 Å². The number of carbonyl (C=O) groups is 1. The molecule has 2 aromatic heterocycles. The molecule has 0 saturated carbocycles. The third kappa shape index (κ3) is 4.52. The molecule has 3 aromatic rings. The van der Waals surface area contributed by atoms with Crippen molar-refractivity contribution in [2.24, 2.45) is 0 Å². The third-order valence-corrected chi connectivity index (χ3v) is 3.94. The highest BCUT2D eigenvalue weighted by Crippen LogP contribution is 2.13. The minimum absolute atomic E-state index is 0.124. The highest BCUT2D eigenvalue weighted by atomic mass is 19.1. The molecule has 0 bridgehead atoms. The zero-order chi connectivity index (χ0) is 19.4. The zero-order valence-electron chi connectivity index (χ0n) is 14.7. The maximum atomic E-state index is 13.3. The van der Waals surface area contributed by atoms with E-state index in [9.17, 15) is 9.18 Å². The van der Waals surface area contributed by atoms with E-state index in [1.165, 1.54) is 35.0 Å². The van der Waals surface area contributed by atoms with Gasteiger partial charge < -0.3 is 5.32 Å². The first-order chi connectivity index (χ1) is 12.9. The van der Waals surface area contributed by atoms with Crippen LogP contribution in [0, 0.1) is 16.6 Å². The predicted molar refractivity (Wildman–Crippen MR) is 100 cm³/mol. The number of anilines is 1. The molecule has 136 valence electrons. The highest BCUT2D eigenvalue weighted by Gasteiger charge is 2.09. The molecule has 0 saturated heterocycles. The lowest BCUT2D eigenvalue weighted by Gasteiger charge is -2.09. The van der Waals surface area contributed by atoms with Crippen LogP contribution in [0.1, 0.15) is 28.4 Å². The van der Waals surface area contributed by atoms with E-state index in [1.807, 2.05) is 12.1 Å². The summed E-state index contributed by atoms with van der Waals surface area (Å²) >= 11 is 0. The summed E-state index contributed by atoms with van der Waals surface area (Å²) in [7, 11) is 0. The molecule has 1 aromatic carbocycles. The number of nitrogens with zero attached hydrogens (tertiary/aromatic N) is 2. The summed E-state index contributed by atoms with van der Waals surface area (Å²) in [6.45, 7) is 1.54. The maximum Gasteiger partial charge on any atom is 0.258 e. The number of pyridine rings is 2. The SMILES string of the molecule is CC(=N)n1cc(C(=O)Nc2ccc(Cc3cccc(F)c3)cn2)ccc1=N. The Kier molecular flexibility index (Phi) is 5.21. The smallest absolute Gasteiger partial charge is 0.258 e. The quantitative estimate of drug-likeness (QED) is 0.490. The van der Waals surface area contributed by atoms with Crippen LogP contribution in [0.5, 0.6) is 0 Å². The van der Waals surface area contributed by atoms with Crippen LogP contribution in [0.4, 0.5) is 10.2 Å². The van der Waals surface area contributed by atoms with Gasteiger partial charge in [0.1, 0.15) is 23.0 Å². The van der Waals surface area contributed by atoms with Gasteiger partial charge in [0.2, 0.25) is 0 Å². The van der Waals surface area contributed by atoms with E-state index in [0.29, 0.717) is 17.8 Å². The summed E-state index contributed by atoms with van der Waals surface area (Å²) in [5.41, 5.74) is 2.19. The molecule has 1 amide bonds. The van der Waals surface area contributed by atoms with Gasteiger partial charge in [-0.1, -0.05) is 18.2 Å². The van der Waals surface area contributed by atoms with Crippen molar-refractivity contribution >= 4 is 17.6 Å². The van der Waals surface area contributed by atoms with Gasteiger partial charge in [-0.3, -0.25) is 20.2 Å². The van der Waals surface area contributed by atoms with Gasteiger partial charge >= 0.3 is 0 Å². The fourth-order valence-electron chi connectivity index (χ4n) is 2.59. The molecule has 0 unspecified atom stereocenters. The number of benzene rings is 1. The summed E-state index contributed by atoms with van der Waals surface area (Å²) in [6, 6.07) is 12.9. The van der Waals surface area contributed by atoms with E-state index in [4.69, 9.17) is 10.8 Å². The molecule has 7 heteroatoms. The fraction of sp³-hybridized carbons (Fsp3) is 0.100. The average molecular weight is 363 g/mol. The second-order valence-corrected chi connectivity index (χ2v) is 6.07. The third-order valence-electron chi connectivity index (χ3n) is 3.94. The molecular formula is C20H18FN5O. The Morgan fingerprint density at radius 1 is 1.19 bits per heavy atom. The lowest BCUT2D eigenvalue weighted by Crippen LogP contribution is -2.26. The molecule has 0 atom stereocenters. The Labute approximate surface area is 155 Å². The van der Waals surface area contributed by atoms with Crippen molar-refractivity contribution in [2.45, 2.75) is 13.3 Å². The molecule has 0 radical (unpaired) electrons. The van der Waals surface area contributed by atoms with E-state index in [2.05, 4.69) is 10.3 Å². The Bertz CT molecular complexity index is 1060. The van der Waals surface area contributed by atoms with Crippen molar-refractivity contribution in [1.82, 2.24) is 9.55 Å². The Morgan fingerprint density at radius 2 is 2.00 bits per heavy atom. The molecule has 3 N–H and O–H groups in total. The number of nitrogens with one attached hydrogen (secondary N) is 3. The lowest BCUT2D eigenvalue weighted by atomic mass is 10.1. The number of rotatable bonds is 4. The van der Waals surface area contributed by atoms with Crippen molar-refractivity contribution in [1.29, 1.82) is 10.8 Å². The monoisotopic (exact) mass is 363 g/mol. The van der Waals surface area contributed by atoms with E-state index >= 15 is 0 Å². The van der Waals surface area contributed by atoms with Gasteiger partial charge in [0.25, 0.3) is 5.91 Å². The standard InChI is InChI=1S/C20H18FN5O/c1-13(22)26-12-16(6-7-18(26)23)20(27)25-19-8-5-15(11-24-19)9-14-3-2-4-17(21)10-14/h2-8,10-12,22-23H,9H2,1H3,(H,24,25,27). The van der Waals surface area contributed by atoms with E-state index in [-0.39, 0.29) is 23.0 Å². The minimum atomic E-state index is -0.379.